The van der Waals surface area contributed by atoms with Crippen LogP contribution in [0.2, 0.25) is 0 Å². The number of halogens is 1. The lowest BCUT2D eigenvalue weighted by atomic mass is 10.0. The molecule has 0 aliphatic carbocycles. The van der Waals surface area contributed by atoms with E-state index in [1.165, 1.54) is 13.8 Å². The first-order valence-electron chi connectivity index (χ1n) is 5.00. The summed E-state index contributed by atoms with van der Waals surface area (Å²) in [7, 11) is -4.65. The van der Waals surface area contributed by atoms with Gasteiger partial charge in [-0.2, -0.15) is 8.42 Å². The quantitative estimate of drug-likeness (QED) is 0.724. The van der Waals surface area contributed by atoms with Gasteiger partial charge in [-0.3, -0.25) is 4.79 Å². The van der Waals surface area contributed by atoms with Crippen molar-refractivity contribution in [1.29, 1.82) is 0 Å². The summed E-state index contributed by atoms with van der Waals surface area (Å²) in [4.78, 5) is 23.6. The third-order valence-corrected chi connectivity index (χ3v) is 3.71. The van der Waals surface area contributed by atoms with Gasteiger partial charge in [-0.05, 0) is 13.8 Å². The van der Waals surface area contributed by atoms with Crippen LogP contribution in [0.3, 0.4) is 0 Å². The van der Waals surface area contributed by atoms with E-state index in [4.69, 9.17) is 5.11 Å². The summed E-state index contributed by atoms with van der Waals surface area (Å²) < 4.78 is 33.4. The van der Waals surface area contributed by atoms with E-state index in [9.17, 15) is 21.9 Å². The van der Waals surface area contributed by atoms with Crippen LogP contribution < -0.4 is 0 Å². The SMILES string of the molecule is CC(C)(C(=O)O)N1CC(CS(=O)(=O)F)CC1=O. The molecule has 0 bridgehead atoms. The standard InChI is InChI=1S/C9H14FNO5S/c1-9(2,8(13)14)11-4-6(3-7(11)12)5-17(10,15)16/h6H,3-5H2,1-2H3,(H,13,14). The van der Waals surface area contributed by atoms with E-state index < -0.39 is 39.3 Å². The van der Waals surface area contributed by atoms with Gasteiger partial charge in [-0.25, -0.2) is 4.79 Å². The van der Waals surface area contributed by atoms with Gasteiger partial charge >= 0.3 is 16.2 Å². The first-order chi connectivity index (χ1) is 7.54. The van der Waals surface area contributed by atoms with Gasteiger partial charge < -0.3 is 10.0 Å². The van der Waals surface area contributed by atoms with Gasteiger partial charge in [-0.1, -0.05) is 0 Å². The molecule has 8 heteroatoms. The van der Waals surface area contributed by atoms with E-state index >= 15 is 0 Å². The number of likely N-dealkylation sites (tertiary alicyclic amines) is 1. The fourth-order valence-corrected chi connectivity index (χ4v) is 2.62. The van der Waals surface area contributed by atoms with Crippen molar-refractivity contribution < 1.29 is 27.0 Å². The minimum absolute atomic E-state index is 0.0543. The van der Waals surface area contributed by atoms with Crippen LogP contribution in [0.4, 0.5) is 3.89 Å². The fraction of sp³-hybridized carbons (Fsp3) is 0.778. The average Bonchev–Trinajstić information content (AvgIpc) is 2.43. The molecule has 1 unspecified atom stereocenters. The van der Waals surface area contributed by atoms with Crippen molar-refractivity contribution in [1.82, 2.24) is 4.90 Å². The molecule has 1 aliphatic heterocycles. The Labute approximate surface area is 98.6 Å². The van der Waals surface area contributed by atoms with Crippen molar-refractivity contribution in [3.63, 3.8) is 0 Å². The Morgan fingerprint density at radius 2 is 2.12 bits per heavy atom. The van der Waals surface area contributed by atoms with Crippen LogP contribution >= 0.6 is 0 Å². The van der Waals surface area contributed by atoms with Crippen molar-refractivity contribution in [2.45, 2.75) is 25.8 Å². The minimum Gasteiger partial charge on any atom is -0.480 e. The van der Waals surface area contributed by atoms with Crippen molar-refractivity contribution in [3.05, 3.63) is 0 Å². The number of carbonyl (C=O) groups is 2. The maximum absolute atomic E-state index is 12.5. The van der Waals surface area contributed by atoms with Gasteiger partial charge in [0.25, 0.3) is 0 Å². The lowest BCUT2D eigenvalue weighted by Gasteiger charge is -2.31. The second kappa shape index (κ2) is 4.25. The Balaban J connectivity index is 2.81. The minimum atomic E-state index is -4.65. The van der Waals surface area contributed by atoms with Gasteiger partial charge in [0, 0.05) is 18.9 Å². The summed E-state index contributed by atoms with van der Waals surface area (Å²) >= 11 is 0. The summed E-state index contributed by atoms with van der Waals surface area (Å²) in [6, 6.07) is 0. The number of carboxylic acids is 1. The molecule has 0 aromatic carbocycles. The topological polar surface area (TPSA) is 91.8 Å². The van der Waals surface area contributed by atoms with E-state index in [1.54, 1.807) is 0 Å². The molecule has 1 amide bonds. The molecule has 1 atom stereocenters. The highest BCUT2D eigenvalue weighted by atomic mass is 32.3. The lowest BCUT2D eigenvalue weighted by Crippen LogP contribution is -2.50. The first-order valence-corrected chi connectivity index (χ1v) is 6.55. The number of carbonyl (C=O) groups excluding carboxylic acids is 1. The number of hydrogen-bond donors (Lipinski definition) is 1. The van der Waals surface area contributed by atoms with Crippen LogP contribution in [0.5, 0.6) is 0 Å². The maximum atomic E-state index is 12.5. The Morgan fingerprint density at radius 3 is 2.53 bits per heavy atom. The van der Waals surface area contributed by atoms with Gasteiger partial charge in [0.2, 0.25) is 5.91 Å². The molecule has 0 radical (unpaired) electrons. The van der Waals surface area contributed by atoms with Gasteiger partial charge in [0.15, 0.2) is 0 Å². The van der Waals surface area contributed by atoms with E-state index in [-0.39, 0.29) is 13.0 Å². The number of aliphatic carboxylic acids is 1. The highest BCUT2D eigenvalue weighted by Gasteiger charge is 2.44. The van der Waals surface area contributed by atoms with Gasteiger partial charge in [0.1, 0.15) is 5.54 Å². The zero-order valence-corrected chi connectivity index (χ0v) is 10.3. The Kier molecular flexibility index (Phi) is 3.47. The van der Waals surface area contributed by atoms with Crippen molar-refractivity contribution in [2.75, 3.05) is 12.3 Å². The molecule has 1 fully saturated rings. The summed E-state index contributed by atoms with van der Waals surface area (Å²) in [5.74, 6) is -3.08. The molecule has 98 valence electrons. The van der Waals surface area contributed by atoms with Crippen LogP contribution in [-0.2, 0) is 19.8 Å². The Hall–Kier alpha value is -1.18. The number of carboxylic acid groups (broad SMARTS) is 1. The average molecular weight is 267 g/mol. The molecule has 1 rings (SSSR count). The van der Waals surface area contributed by atoms with E-state index in [1.807, 2.05) is 0 Å². The van der Waals surface area contributed by atoms with Crippen LogP contribution in [0.15, 0.2) is 0 Å². The van der Waals surface area contributed by atoms with E-state index in [0.717, 1.165) is 4.90 Å². The van der Waals surface area contributed by atoms with Crippen LogP contribution in [0.25, 0.3) is 0 Å². The molecule has 6 nitrogen and oxygen atoms in total. The van der Waals surface area contributed by atoms with Crippen molar-refractivity contribution >= 4 is 22.1 Å². The third kappa shape index (κ3) is 3.15. The molecule has 0 spiro atoms. The molecule has 17 heavy (non-hydrogen) atoms. The van der Waals surface area contributed by atoms with Gasteiger partial charge in [0.05, 0.1) is 5.75 Å². The molecule has 0 aromatic heterocycles. The Morgan fingerprint density at radius 1 is 1.59 bits per heavy atom. The monoisotopic (exact) mass is 267 g/mol. The fourth-order valence-electron chi connectivity index (χ4n) is 1.83. The zero-order chi connectivity index (χ0) is 13.4. The highest BCUT2D eigenvalue weighted by molar-refractivity contribution is 7.86. The summed E-state index contributed by atoms with van der Waals surface area (Å²) in [6.45, 7) is 2.64. The number of amides is 1. The summed E-state index contributed by atoms with van der Waals surface area (Å²) in [5.41, 5.74) is -1.41. The molecule has 1 heterocycles. The molecule has 0 aromatic rings. The van der Waals surface area contributed by atoms with Crippen molar-refractivity contribution in [3.8, 4) is 0 Å². The molecular weight excluding hydrogens is 253 g/mol. The molecule has 1 N–H and O–H groups in total. The largest absolute Gasteiger partial charge is 0.480 e. The first kappa shape index (κ1) is 13.9. The normalized spacial score (nSPS) is 21.9. The third-order valence-electron chi connectivity index (χ3n) is 2.84. The highest BCUT2D eigenvalue weighted by Crippen LogP contribution is 2.27. The van der Waals surface area contributed by atoms with E-state index in [2.05, 4.69) is 0 Å². The maximum Gasteiger partial charge on any atom is 0.329 e. The van der Waals surface area contributed by atoms with Crippen LogP contribution in [0, 0.1) is 5.92 Å². The predicted octanol–water partition coefficient (Wildman–Crippen LogP) is -0.00260. The molecule has 1 saturated heterocycles. The lowest BCUT2D eigenvalue weighted by molar-refractivity contribution is -0.154. The smallest absolute Gasteiger partial charge is 0.329 e. The summed E-state index contributed by atoms with van der Waals surface area (Å²) in [6.07, 6.45) is -0.139. The van der Waals surface area contributed by atoms with Gasteiger partial charge in [-0.15, -0.1) is 3.89 Å². The number of nitrogens with zero attached hydrogens (tertiary/aromatic N) is 1. The number of rotatable bonds is 4. The zero-order valence-electron chi connectivity index (χ0n) is 9.51. The van der Waals surface area contributed by atoms with Crippen molar-refractivity contribution in [2.24, 2.45) is 5.92 Å². The van der Waals surface area contributed by atoms with Crippen LogP contribution in [0.1, 0.15) is 20.3 Å². The molecule has 1 aliphatic rings. The van der Waals surface area contributed by atoms with Crippen LogP contribution in [-0.4, -0.2) is 48.1 Å². The molecule has 0 saturated carbocycles. The predicted molar refractivity (Wildman–Crippen MR) is 56.4 cm³/mol. The Bertz CT molecular complexity index is 444. The van der Waals surface area contributed by atoms with E-state index in [0.29, 0.717) is 0 Å². The molecular formula is C9H14FNO5S. The second-order valence-electron chi connectivity index (χ2n) is 4.64. The summed E-state index contributed by atoms with van der Waals surface area (Å²) in [5, 5.41) is 8.95. The number of hydrogen-bond acceptors (Lipinski definition) is 4. The second-order valence-corrected chi connectivity index (χ2v) is 6.06.